The molecule has 87 valence electrons. The van der Waals surface area contributed by atoms with Gasteiger partial charge in [-0.05, 0) is 37.7 Å². The van der Waals surface area contributed by atoms with Gasteiger partial charge >= 0.3 is 0 Å². The number of hydrogen-bond acceptors (Lipinski definition) is 0. The average molecular weight is 257 g/mol. The molecule has 1 radical (unpaired) electrons. The summed E-state index contributed by atoms with van der Waals surface area (Å²) in [6.07, 6.45) is 13.2. The van der Waals surface area contributed by atoms with E-state index in [0.29, 0.717) is 7.92 Å². The molecule has 0 unspecified atom stereocenters. The predicted molar refractivity (Wildman–Crippen MR) is 66.2 cm³/mol. The van der Waals surface area contributed by atoms with Crippen molar-refractivity contribution in [1.29, 1.82) is 0 Å². The molecular formula is C12H27MnP. The molecule has 0 N–H and O–H groups in total. The van der Waals surface area contributed by atoms with Crippen molar-refractivity contribution in [2.24, 2.45) is 0 Å². The molecular weight excluding hydrogens is 230 g/mol. The summed E-state index contributed by atoms with van der Waals surface area (Å²) in [4.78, 5) is 0. The van der Waals surface area contributed by atoms with Gasteiger partial charge in [0.15, 0.2) is 0 Å². The molecule has 0 aliphatic rings. The van der Waals surface area contributed by atoms with Gasteiger partial charge in [0.05, 0.1) is 0 Å². The van der Waals surface area contributed by atoms with E-state index in [0.717, 1.165) is 0 Å². The van der Waals surface area contributed by atoms with Crippen LogP contribution in [0.4, 0.5) is 0 Å². The van der Waals surface area contributed by atoms with Crippen molar-refractivity contribution in [3.8, 4) is 0 Å². The molecule has 0 aromatic heterocycles. The van der Waals surface area contributed by atoms with Crippen molar-refractivity contribution < 1.29 is 17.1 Å². The van der Waals surface area contributed by atoms with Crippen molar-refractivity contribution >= 4 is 7.92 Å². The van der Waals surface area contributed by atoms with Gasteiger partial charge in [-0.2, -0.15) is 0 Å². The minimum atomic E-state index is 0. The topological polar surface area (TPSA) is 0 Å². The average Bonchev–Trinajstić information content (AvgIpc) is 2.17. The molecule has 0 aromatic rings. The molecule has 0 aliphatic carbocycles. The second-order valence-electron chi connectivity index (χ2n) is 3.90. The predicted octanol–water partition coefficient (Wildman–Crippen LogP) is 4.87. The van der Waals surface area contributed by atoms with Gasteiger partial charge in [-0.15, -0.1) is 7.92 Å². The largest absolute Gasteiger partial charge is 0.107 e. The zero-order valence-electron chi connectivity index (χ0n) is 10.2. The summed E-state index contributed by atoms with van der Waals surface area (Å²) in [5.74, 6) is 0. The molecule has 0 fully saturated rings. The van der Waals surface area contributed by atoms with Crippen LogP contribution in [0.5, 0.6) is 0 Å². The van der Waals surface area contributed by atoms with E-state index in [1.165, 1.54) is 38.5 Å². The Kier molecular flexibility index (Phi) is 17.3. The Morgan fingerprint density at radius 3 is 1.14 bits per heavy atom. The first-order valence-electron chi connectivity index (χ1n) is 6.07. The van der Waals surface area contributed by atoms with Gasteiger partial charge in [-0.25, -0.2) is 0 Å². The molecule has 0 saturated carbocycles. The van der Waals surface area contributed by atoms with Crippen LogP contribution in [0.1, 0.15) is 59.3 Å². The fourth-order valence-electron chi connectivity index (χ4n) is 1.48. The van der Waals surface area contributed by atoms with E-state index in [1.807, 2.05) is 0 Å². The monoisotopic (exact) mass is 257 g/mol. The van der Waals surface area contributed by atoms with Gasteiger partial charge in [-0.3, -0.25) is 0 Å². The van der Waals surface area contributed by atoms with Crippen molar-refractivity contribution in [1.82, 2.24) is 0 Å². The van der Waals surface area contributed by atoms with Gasteiger partial charge in [0, 0.05) is 17.1 Å². The minimum absolute atomic E-state index is 0. The molecule has 0 amide bonds. The van der Waals surface area contributed by atoms with E-state index in [9.17, 15) is 0 Å². The molecule has 0 bridgehead atoms. The van der Waals surface area contributed by atoms with Crippen molar-refractivity contribution in [3.05, 3.63) is 0 Å². The van der Waals surface area contributed by atoms with Crippen molar-refractivity contribution in [2.75, 3.05) is 18.5 Å². The maximum Gasteiger partial charge on any atom is 0 e. The minimum Gasteiger partial charge on any atom is -0.107 e. The molecule has 0 aromatic carbocycles. The number of hydrogen-bond donors (Lipinski definition) is 0. The fourth-order valence-corrected chi connectivity index (χ4v) is 4.44. The Morgan fingerprint density at radius 1 is 0.643 bits per heavy atom. The first-order chi connectivity index (χ1) is 6.35. The number of unbranched alkanes of at least 4 members (excludes halogenated alkanes) is 3. The normalized spacial score (nSPS) is 10.3. The molecule has 0 spiro atoms. The SMILES string of the molecule is CCCCP(CCCC)CCCC.[Mn]. The summed E-state index contributed by atoms with van der Waals surface area (Å²) in [6.45, 7) is 6.94. The Morgan fingerprint density at radius 2 is 0.929 bits per heavy atom. The van der Waals surface area contributed by atoms with E-state index in [4.69, 9.17) is 0 Å². The van der Waals surface area contributed by atoms with Crippen LogP contribution in [0.3, 0.4) is 0 Å². The molecule has 0 rings (SSSR count). The van der Waals surface area contributed by atoms with Gasteiger partial charge in [0.2, 0.25) is 0 Å². The van der Waals surface area contributed by atoms with Crippen LogP contribution in [0, 0.1) is 0 Å². The summed E-state index contributed by atoms with van der Waals surface area (Å²) in [6, 6.07) is 0. The zero-order valence-corrected chi connectivity index (χ0v) is 12.3. The number of rotatable bonds is 9. The van der Waals surface area contributed by atoms with Gasteiger partial charge in [-0.1, -0.05) is 40.0 Å². The summed E-state index contributed by atoms with van der Waals surface area (Å²) in [5.41, 5.74) is 0. The van der Waals surface area contributed by atoms with Crippen LogP contribution in [-0.2, 0) is 17.1 Å². The van der Waals surface area contributed by atoms with Crippen LogP contribution in [0.25, 0.3) is 0 Å². The fraction of sp³-hybridized carbons (Fsp3) is 1.00. The summed E-state index contributed by atoms with van der Waals surface area (Å²) in [5, 5.41) is 0. The van der Waals surface area contributed by atoms with Gasteiger partial charge < -0.3 is 0 Å². The Hall–Kier alpha value is 0.949. The van der Waals surface area contributed by atoms with E-state index >= 15 is 0 Å². The quantitative estimate of drug-likeness (QED) is 0.408. The van der Waals surface area contributed by atoms with E-state index in [-0.39, 0.29) is 17.1 Å². The molecule has 0 atom stereocenters. The zero-order chi connectivity index (χ0) is 9.94. The Labute approximate surface area is 103 Å². The summed E-state index contributed by atoms with van der Waals surface area (Å²) < 4.78 is 0. The third-order valence-corrected chi connectivity index (χ3v) is 5.33. The van der Waals surface area contributed by atoms with Gasteiger partial charge in [0.25, 0.3) is 0 Å². The molecule has 0 saturated heterocycles. The van der Waals surface area contributed by atoms with E-state index < -0.39 is 0 Å². The van der Waals surface area contributed by atoms with Crippen LogP contribution in [0.15, 0.2) is 0 Å². The maximum absolute atomic E-state index is 2.31. The van der Waals surface area contributed by atoms with E-state index in [2.05, 4.69) is 20.8 Å². The molecule has 0 nitrogen and oxygen atoms in total. The second kappa shape index (κ2) is 13.9. The first-order valence-corrected chi connectivity index (χ1v) is 7.97. The smallest absolute Gasteiger partial charge is 0 e. The van der Waals surface area contributed by atoms with Crippen LogP contribution >= 0.6 is 7.92 Å². The molecule has 0 heterocycles. The van der Waals surface area contributed by atoms with E-state index in [1.54, 1.807) is 18.5 Å². The summed E-state index contributed by atoms with van der Waals surface area (Å²) >= 11 is 0. The van der Waals surface area contributed by atoms with Crippen LogP contribution in [0.2, 0.25) is 0 Å². The van der Waals surface area contributed by atoms with Gasteiger partial charge in [0.1, 0.15) is 0 Å². The Balaban J connectivity index is 0. The maximum atomic E-state index is 2.31. The third-order valence-electron chi connectivity index (χ3n) is 2.48. The first kappa shape index (κ1) is 17.3. The van der Waals surface area contributed by atoms with Crippen molar-refractivity contribution in [2.45, 2.75) is 59.3 Å². The second-order valence-corrected chi connectivity index (χ2v) is 6.59. The summed E-state index contributed by atoms with van der Waals surface area (Å²) in [7, 11) is 0.422. The molecule has 0 aliphatic heterocycles. The van der Waals surface area contributed by atoms with Crippen LogP contribution < -0.4 is 0 Å². The molecule has 2 heteroatoms. The standard InChI is InChI=1S/C12H27P.Mn/c1-4-7-10-13(11-8-5-2)12-9-6-3;/h4-12H2,1-3H3;. The molecule has 14 heavy (non-hydrogen) atoms. The van der Waals surface area contributed by atoms with Crippen molar-refractivity contribution in [3.63, 3.8) is 0 Å². The Bertz CT molecular complexity index is 77.3. The van der Waals surface area contributed by atoms with Crippen LogP contribution in [-0.4, -0.2) is 18.5 Å². The third kappa shape index (κ3) is 11.0.